The second-order valence-electron chi connectivity index (χ2n) is 10.1. The molecule has 6 rings (SSSR count). The third-order valence-electron chi connectivity index (χ3n) is 7.46. The molecule has 218 valence electrons. The quantitative estimate of drug-likeness (QED) is 0.214. The van der Waals surface area contributed by atoms with Gasteiger partial charge in [-0.05, 0) is 42.5 Å². The fourth-order valence-corrected chi connectivity index (χ4v) is 5.30. The van der Waals surface area contributed by atoms with Crippen molar-refractivity contribution < 1.29 is 27.9 Å². The van der Waals surface area contributed by atoms with Crippen LogP contribution in [0.5, 0.6) is 5.75 Å². The molecule has 0 bridgehead atoms. The number of nitro benzene ring substituents is 1. The molecule has 2 fully saturated rings. The Morgan fingerprint density at radius 2 is 1.64 bits per heavy atom. The molecule has 2 unspecified atom stereocenters. The molecule has 0 aliphatic carbocycles. The monoisotopic (exact) mass is 578 g/mol. The van der Waals surface area contributed by atoms with Crippen molar-refractivity contribution in [1.29, 1.82) is 0 Å². The van der Waals surface area contributed by atoms with Crippen LogP contribution in [-0.2, 0) is 21.6 Å². The molecule has 0 radical (unpaired) electrons. The predicted octanol–water partition coefficient (Wildman–Crippen LogP) is 4.14. The van der Waals surface area contributed by atoms with Crippen molar-refractivity contribution in [3.63, 3.8) is 0 Å². The van der Waals surface area contributed by atoms with Gasteiger partial charge in [0.1, 0.15) is 42.2 Å². The summed E-state index contributed by atoms with van der Waals surface area (Å²) in [5.41, 5.74) is 1.03. The van der Waals surface area contributed by atoms with E-state index in [-0.39, 0.29) is 31.0 Å². The maximum Gasteiger partial charge on any atom is 0.269 e. The highest BCUT2D eigenvalue weighted by Crippen LogP contribution is 2.37. The SMILES string of the molecule is O=[N+]([O-])c1ccc(N2CCN(c3ccc(OCC4OCC(Cn5cncn5)(c5ccc(F)cc5F)O4)cc3)CC2)cc1. The van der Waals surface area contributed by atoms with Gasteiger partial charge in [0.15, 0.2) is 6.29 Å². The lowest BCUT2D eigenvalue weighted by atomic mass is 9.94. The first-order valence-corrected chi connectivity index (χ1v) is 13.4. The molecular formula is C29H28F2N6O5. The summed E-state index contributed by atoms with van der Waals surface area (Å²) in [7, 11) is 0. The van der Waals surface area contributed by atoms with Crippen LogP contribution < -0.4 is 14.5 Å². The van der Waals surface area contributed by atoms with Gasteiger partial charge in [0.05, 0.1) is 18.1 Å². The summed E-state index contributed by atoms with van der Waals surface area (Å²) >= 11 is 0. The number of nitrogens with zero attached hydrogens (tertiary/aromatic N) is 6. The molecule has 0 spiro atoms. The Morgan fingerprint density at radius 3 is 2.24 bits per heavy atom. The van der Waals surface area contributed by atoms with Gasteiger partial charge in [0, 0.05) is 61.3 Å². The minimum atomic E-state index is -1.24. The summed E-state index contributed by atoms with van der Waals surface area (Å²) in [5.74, 6) is -0.789. The molecule has 42 heavy (non-hydrogen) atoms. The highest BCUT2D eigenvalue weighted by Gasteiger charge is 2.45. The first-order valence-electron chi connectivity index (χ1n) is 13.4. The van der Waals surface area contributed by atoms with Gasteiger partial charge in [-0.25, -0.2) is 18.4 Å². The van der Waals surface area contributed by atoms with Crippen LogP contribution in [0.2, 0.25) is 0 Å². The van der Waals surface area contributed by atoms with Crippen molar-refractivity contribution in [2.45, 2.75) is 18.4 Å². The van der Waals surface area contributed by atoms with E-state index in [0.29, 0.717) is 5.75 Å². The summed E-state index contributed by atoms with van der Waals surface area (Å²) in [6, 6.07) is 17.7. The third-order valence-corrected chi connectivity index (χ3v) is 7.46. The van der Waals surface area contributed by atoms with Crippen LogP contribution in [0.25, 0.3) is 0 Å². The molecule has 1 aromatic heterocycles. The number of aromatic nitrogens is 3. The largest absolute Gasteiger partial charge is 0.488 e. The van der Waals surface area contributed by atoms with Gasteiger partial charge in [0.2, 0.25) is 0 Å². The Balaban J connectivity index is 1.04. The first kappa shape index (κ1) is 27.5. The van der Waals surface area contributed by atoms with Crippen LogP contribution in [0.3, 0.4) is 0 Å². The van der Waals surface area contributed by atoms with Crippen LogP contribution >= 0.6 is 0 Å². The van der Waals surface area contributed by atoms with Crippen molar-refractivity contribution in [3.8, 4) is 5.75 Å². The Hall–Kier alpha value is -4.62. The molecule has 0 saturated carbocycles. The van der Waals surface area contributed by atoms with Crippen LogP contribution in [-0.4, -0.2) is 65.4 Å². The number of halogens is 2. The maximum atomic E-state index is 14.8. The highest BCUT2D eigenvalue weighted by molar-refractivity contribution is 5.54. The third kappa shape index (κ3) is 5.87. The van der Waals surface area contributed by atoms with Crippen molar-refractivity contribution in [2.75, 3.05) is 49.2 Å². The number of nitro groups is 1. The van der Waals surface area contributed by atoms with E-state index in [1.165, 1.54) is 41.6 Å². The molecule has 2 aliphatic rings. The first-order chi connectivity index (χ1) is 20.4. The highest BCUT2D eigenvalue weighted by atomic mass is 19.1. The number of piperazine rings is 1. The number of rotatable bonds is 9. The fraction of sp³-hybridized carbons (Fsp3) is 0.310. The lowest BCUT2D eigenvalue weighted by Crippen LogP contribution is -2.46. The summed E-state index contributed by atoms with van der Waals surface area (Å²) in [6.45, 7) is 3.39. The zero-order valence-corrected chi connectivity index (χ0v) is 22.5. The maximum absolute atomic E-state index is 14.8. The van der Waals surface area contributed by atoms with Gasteiger partial charge in [-0.15, -0.1) is 0 Å². The molecule has 2 saturated heterocycles. The van der Waals surface area contributed by atoms with Crippen molar-refractivity contribution in [1.82, 2.24) is 14.8 Å². The second kappa shape index (κ2) is 11.7. The summed E-state index contributed by atoms with van der Waals surface area (Å²) in [6.07, 6.45) is 2.08. The van der Waals surface area contributed by atoms with Crippen LogP contribution in [0.15, 0.2) is 79.4 Å². The summed E-state index contributed by atoms with van der Waals surface area (Å²) < 4.78 is 47.9. The summed E-state index contributed by atoms with van der Waals surface area (Å²) in [5, 5.41) is 15.0. The molecule has 11 nitrogen and oxygen atoms in total. The number of benzene rings is 3. The number of hydrogen-bond acceptors (Lipinski definition) is 9. The van der Waals surface area contributed by atoms with E-state index in [4.69, 9.17) is 14.2 Å². The molecule has 0 N–H and O–H groups in total. The van der Waals surface area contributed by atoms with Crippen LogP contribution in [0.4, 0.5) is 25.8 Å². The van der Waals surface area contributed by atoms with Gasteiger partial charge in [-0.3, -0.25) is 10.1 Å². The van der Waals surface area contributed by atoms with E-state index < -0.39 is 28.4 Å². The van der Waals surface area contributed by atoms with Gasteiger partial charge >= 0.3 is 0 Å². The molecule has 3 aromatic carbocycles. The molecule has 4 aromatic rings. The van der Waals surface area contributed by atoms with E-state index in [2.05, 4.69) is 19.9 Å². The Morgan fingerprint density at radius 1 is 0.976 bits per heavy atom. The van der Waals surface area contributed by atoms with Crippen LogP contribution in [0.1, 0.15) is 5.56 Å². The molecule has 0 amide bonds. The Kier molecular flexibility index (Phi) is 7.68. The van der Waals surface area contributed by atoms with Crippen molar-refractivity contribution in [3.05, 3.63) is 107 Å². The molecular weight excluding hydrogens is 550 g/mol. The van der Waals surface area contributed by atoms with Gasteiger partial charge in [0.25, 0.3) is 5.69 Å². The van der Waals surface area contributed by atoms with E-state index >= 15 is 0 Å². The van der Waals surface area contributed by atoms with Gasteiger partial charge in [-0.2, -0.15) is 5.10 Å². The zero-order chi connectivity index (χ0) is 29.1. The number of non-ortho nitro benzene ring substituents is 1. The van der Waals surface area contributed by atoms with Crippen molar-refractivity contribution in [2.24, 2.45) is 0 Å². The topological polar surface area (TPSA) is 108 Å². The standard InChI is InChI=1S/C29H28F2N6O5/c30-21-1-10-26(27(31)15-21)29(17-36-20-32-19-33-36)18-41-28(42-29)16-40-25-8-6-23(7-9-25)35-13-11-34(12-14-35)22-2-4-24(5-3-22)37(38)39/h1-10,15,19-20,28H,11-14,16-18H2. The zero-order valence-electron chi connectivity index (χ0n) is 22.5. The summed E-state index contributed by atoms with van der Waals surface area (Å²) in [4.78, 5) is 18.9. The molecule has 3 heterocycles. The minimum absolute atomic E-state index is 0.0221. The van der Waals surface area contributed by atoms with E-state index in [1.807, 2.05) is 24.3 Å². The second-order valence-corrected chi connectivity index (χ2v) is 10.1. The predicted molar refractivity (Wildman–Crippen MR) is 148 cm³/mol. The lowest BCUT2D eigenvalue weighted by Gasteiger charge is -2.37. The number of anilines is 2. The van der Waals surface area contributed by atoms with Crippen LogP contribution in [0, 0.1) is 21.7 Å². The average molecular weight is 579 g/mol. The Bertz CT molecular complexity index is 1510. The van der Waals surface area contributed by atoms with Gasteiger partial charge < -0.3 is 24.0 Å². The van der Waals surface area contributed by atoms with E-state index in [9.17, 15) is 18.9 Å². The lowest BCUT2D eigenvalue weighted by molar-refractivity contribution is -0.384. The minimum Gasteiger partial charge on any atom is -0.488 e. The fourth-order valence-electron chi connectivity index (χ4n) is 5.30. The van der Waals surface area contributed by atoms with Crippen molar-refractivity contribution >= 4 is 17.1 Å². The normalized spacial score (nSPS) is 20.6. The molecule has 2 aliphatic heterocycles. The van der Waals surface area contributed by atoms with Gasteiger partial charge in [-0.1, -0.05) is 6.07 Å². The van der Waals surface area contributed by atoms with E-state index in [0.717, 1.165) is 43.6 Å². The number of ether oxygens (including phenoxy) is 3. The smallest absolute Gasteiger partial charge is 0.269 e. The Labute approximate surface area is 240 Å². The average Bonchev–Trinajstić information content (AvgIpc) is 3.67. The molecule has 2 atom stereocenters. The van der Waals surface area contributed by atoms with E-state index in [1.54, 1.807) is 12.1 Å². The molecule has 13 heteroatoms. The number of hydrogen-bond donors (Lipinski definition) is 0.